The molecule has 9 heteroatoms. The highest BCUT2D eigenvalue weighted by atomic mass is 35.5. The zero-order chi connectivity index (χ0) is 20.4. The number of furan rings is 1. The zero-order valence-corrected chi connectivity index (χ0v) is 16.7. The number of carbonyl (C=O) groups is 1. The van der Waals surface area contributed by atoms with Gasteiger partial charge in [0.15, 0.2) is 5.76 Å². The maximum atomic E-state index is 12.6. The number of carbonyl (C=O) groups excluding carboxylic acids is 1. The van der Waals surface area contributed by atoms with E-state index in [1.807, 2.05) is 4.90 Å². The van der Waals surface area contributed by atoms with Crippen molar-refractivity contribution in [2.75, 3.05) is 23.3 Å². The number of benzene rings is 1. The van der Waals surface area contributed by atoms with Gasteiger partial charge < -0.3 is 19.1 Å². The molecule has 4 rings (SSSR count). The topological polar surface area (TPSA) is 95.3 Å². The van der Waals surface area contributed by atoms with E-state index in [1.54, 1.807) is 30.3 Å². The molecule has 3 heterocycles. The van der Waals surface area contributed by atoms with Crippen molar-refractivity contribution in [2.24, 2.45) is 5.92 Å². The number of anilines is 2. The fourth-order valence-corrected chi connectivity index (χ4v) is 3.85. The summed E-state index contributed by atoms with van der Waals surface area (Å²) in [5.41, 5.74) is 0.771. The summed E-state index contributed by atoms with van der Waals surface area (Å²) in [7, 11) is 0. The van der Waals surface area contributed by atoms with Gasteiger partial charge in [-0.15, -0.1) is 0 Å². The number of hydrogen-bond donors (Lipinski definition) is 1. The molecule has 0 radical (unpaired) electrons. The molecule has 1 saturated heterocycles. The molecule has 2 aromatic heterocycles. The fraction of sp³-hybridized carbons (Fsp3) is 0.250. The quantitative estimate of drug-likeness (QED) is 0.627. The number of nitrogens with zero attached hydrogens (tertiary/aromatic N) is 3. The number of nitrogens with one attached hydrogen (secondary N) is 1. The minimum atomic E-state index is -0.165. The Morgan fingerprint density at radius 2 is 1.97 bits per heavy atom. The molecular weight excluding hydrogens is 415 g/mol. The zero-order valence-electron chi connectivity index (χ0n) is 15.2. The van der Waals surface area contributed by atoms with Crippen LogP contribution in [0.5, 0.6) is 0 Å². The van der Waals surface area contributed by atoms with E-state index in [0.717, 1.165) is 0 Å². The summed E-state index contributed by atoms with van der Waals surface area (Å²) in [4.78, 5) is 18.7. The molecule has 1 fully saturated rings. The van der Waals surface area contributed by atoms with Crippen LogP contribution in [0.1, 0.15) is 18.5 Å². The molecule has 0 saturated carbocycles. The average Bonchev–Trinajstić information content (AvgIpc) is 3.37. The molecule has 29 heavy (non-hydrogen) atoms. The van der Waals surface area contributed by atoms with Crippen molar-refractivity contribution in [2.45, 2.75) is 12.8 Å². The highest BCUT2D eigenvalue weighted by molar-refractivity contribution is 6.35. The van der Waals surface area contributed by atoms with Gasteiger partial charge in [-0.25, -0.2) is 0 Å². The fourth-order valence-electron chi connectivity index (χ4n) is 3.32. The number of rotatable bonds is 4. The highest BCUT2D eigenvalue weighted by Crippen LogP contribution is 2.32. The number of piperidine rings is 1. The Morgan fingerprint density at radius 1 is 1.24 bits per heavy atom. The Balaban J connectivity index is 1.42. The molecule has 0 atom stereocenters. The standard InChI is InChI=1S/C20H16Cl2N4O3/c21-13-8-14(22)10-15(9-13)24-18(27)12-3-5-26(6-4-12)20-16(11-23)25-19(29-20)17-2-1-7-28-17/h1-2,7-10,12H,3-6H2,(H,24,27). The Bertz CT molecular complexity index is 1040. The lowest BCUT2D eigenvalue weighted by Gasteiger charge is -2.31. The van der Waals surface area contributed by atoms with E-state index in [0.29, 0.717) is 53.3 Å². The van der Waals surface area contributed by atoms with E-state index in [9.17, 15) is 10.1 Å². The number of nitriles is 1. The predicted octanol–water partition coefficient (Wildman–Crippen LogP) is 4.97. The van der Waals surface area contributed by atoms with Gasteiger partial charge in [-0.3, -0.25) is 4.79 Å². The van der Waals surface area contributed by atoms with Crippen LogP contribution in [0.25, 0.3) is 11.7 Å². The molecule has 1 aliphatic heterocycles. The molecule has 0 bridgehead atoms. The molecule has 1 amide bonds. The molecule has 1 aliphatic rings. The Morgan fingerprint density at radius 3 is 2.59 bits per heavy atom. The summed E-state index contributed by atoms with van der Waals surface area (Å²) in [5, 5.41) is 13.2. The average molecular weight is 431 g/mol. The van der Waals surface area contributed by atoms with Gasteiger partial charge in [0.05, 0.1) is 6.26 Å². The van der Waals surface area contributed by atoms with Crippen LogP contribution in [0.15, 0.2) is 45.4 Å². The van der Waals surface area contributed by atoms with Gasteiger partial charge in [0.25, 0.3) is 5.89 Å². The van der Waals surface area contributed by atoms with Crippen LogP contribution < -0.4 is 10.2 Å². The summed E-state index contributed by atoms with van der Waals surface area (Å²) in [6.07, 6.45) is 2.74. The largest absolute Gasteiger partial charge is 0.459 e. The lowest BCUT2D eigenvalue weighted by molar-refractivity contribution is -0.120. The summed E-state index contributed by atoms with van der Waals surface area (Å²) < 4.78 is 11.1. The first-order chi connectivity index (χ1) is 14.0. The van der Waals surface area contributed by atoms with Gasteiger partial charge in [-0.2, -0.15) is 10.2 Å². The van der Waals surface area contributed by atoms with Gasteiger partial charge in [-0.1, -0.05) is 23.2 Å². The molecule has 7 nitrogen and oxygen atoms in total. The lowest BCUT2D eigenvalue weighted by atomic mass is 9.96. The summed E-state index contributed by atoms with van der Waals surface area (Å²) in [6.45, 7) is 1.13. The number of amides is 1. The van der Waals surface area contributed by atoms with Gasteiger partial charge >= 0.3 is 0 Å². The predicted molar refractivity (Wildman–Crippen MR) is 109 cm³/mol. The van der Waals surface area contributed by atoms with Crippen molar-refractivity contribution < 1.29 is 13.6 Å². The smallest absolute Gasteiger partial charge is 0.266 e. The third-order valence-corrected chi connectivity index (χ3v) is 5.17. The van der Waals surface area contributed by atoms with Crippen LogP contribution in [-0.4, -0.2) is 24.0 Å². The van der Waals surface area contributed by atoms with Crippen LogP contribution in [0.3, 0.4) is 0 Å². The normalized spacial score (nSPS) is 14.6. The molecule has 1 N–H and O–H groups in total. The first kappa shape index (κ1) is 19.4. The second-order valence-electron chi connectivity index (χ2n) is 6.67. The van der Waals surface area contributed by atoms with Gasteiger partial charge in [-0.05, 0) is 43.2 Å². The van der Waals surface area contributed by atoms with Crippen molar-refractivity contribution in [1.29, 1.82) is 5.26 Å². The highest BCUT2D eigenvalue weighted by Gasteiger charge is 2.29. The summed E-state index contributed by atoms with van der Waals surface area (Å²) in [5.74, 6) is 0.875. The monoisotopic (exact) mass is 430 g/mol. The molecule has 148 valence electrons. The van der Waals surface area contributed by atoms with Crippen LogP contribution in [-0.2, 0) is 4.79 Å². The maximum absolute atomic E-state index is 12.6. The van der Waals surface area contributed by atoms with Gasteiger partial charge in [0.2, 0.25) is 17.5 Å². The minimum Gasteiger partial charge on any atom is -0.459 e. The number of halogens is 2. The Labute approximate surface area is 176 Å². The van der Waals surface area contributed by atoms with Crippen LogP contribution >= 0.6 is 23.2 Å². The number of hydrogen-bond acceptors (Lipinski definition) is 6. The third-order valence-electron chi connectivity index (χ3n) is 4.73. The van der Waals surface area contributed by atoms with Gasteiger partial charge in [0, 0.05) is 34.7 Å². The third kappa shape index (κ3) is 4.24. The summed E-state index contributed by atoms with van der Waals surface area (Å²) >= 11 is 12.0. The maximum Gasteiger partial charge on any atom is 0.266 e. The molecular formula is C20H16Cl2N4O3. The van der Waals surface area contributed by atoms with Crippen LogP contribution in [0.2, 0.25) is 10.0 Å². The second kappa shape index (κ2) is 8.19. The van der Waals surface area contributed by atoms with Crippen LogP contribution in [0, 0.1) is 17.2 Å². The van der Waals surface area contributed by atoms with Crippen molar-refractivity contribution in [3.05, 3.63) is 52.3 Å². The number of oxazole rings is 1. The minimum absolute atomic E-state index is 0.0858. The summed E-state index contributed by atoms with van der Waals surface area (Å²) in [6, 6.07) is 10.4. The Hall–Kier alpha value is -2.95. The Kier molecular flexibility index (Phi) is 5.47. The van der Waals surface area contributed by atoms with E-state index < -0.39 is 0 Å². The van der Waals surface area contributed by atoms with Gasteiger partial charge in [0.1, 0.15) is 6.07 Å². The molecule has 0 spiro atoms. The van der Waals surface area contributed by atoms with E-state index in [4.69, 9.17) is 32.0 Å². The van der Waals surface area contributed by atoms with E-state index in [1.165, 1.54) is 6.26 Å². The molecule has 1 aromatic carbocycles. The van der Waals surface area contributed by atoms with Crippen molar-refractivity contribution in [3.8, 4) is 17.7 Å². The lowest BCUT2D eigenvalue weighted by Crippen LogP contribution is -2.38. The van der Waals surface area contributed by atoms with E-state index in [-0.39, 0.29) is 23.4 Å². The molecule has 0 aliphatic carbocycles. The first-order valence-electron chi connectivity index (χ1n) is 9.00. The number of aromatic nitrogens is 1. The van der Waals surface area contributed by atoms with E-state index >= 15 is 0 Å². The SMILES string of the molecule is N#Cc1nc(-c2ccco2)oc1N1CCC(C(=O)Nc2cc(Cl)cc(Cl)c2)CC1. The second-order valence-corrected chi connectivity index (χ2v) is 7.54. The molecule has 3 aromatic rings. The molecule has 0 unspecified atom stereocenters. The van der Waals surface area contributed by atoms with Crippen molar-refractivity contribution >= 4 is 40.7 Å². The first-order valence-corrected chi connectivity index (χ1v) is 9.76. The van der Waals surface area contributed by atoms with E-state index in [2.05, 4.69) is 16.4 Å². The van der Waals surface area contributed by atoms with Crippen molar-refractivity contribution in [1.82, 2.24) is 4.98 Å². The van der Waals surface area contributed by atoms with Crippen LogP contribution in [0.4, 0.5) is 11.6 Å². The van der Waals surface area contributed by atoms with Crippen molar-refractivity contribution in [3.63, 3.8) is 0 Å².